The van der Waals surface area contributed by atoms with Crippen molar-refractivity contribution < 1.29 is 17.9 Å². The molecule has 2 unspecified atom stereocenters. The van der Waals surface area contributed by atoms with Gasteiger partial charge in [-0.05, 0) is 49.9 Å². The monoisotopic (exact) mass is 511 g/mol. The number of benzene rings is 1. The van der Waals surface area contributed by atoms with Gasteiger partial charge >= 0.3 is 0 Å². The highest BCUT2D eigenvalue weighted by Crippen LogP contribution is 2.35. The number of thiophene rings is 1. The molecule has 1 amide bonds. The molecule has 1 aromatic carbocycles. The highest BCUT2D eigenvalue weighted by atomic mass is 35.5. The maximum atomic E-state index is 13.8. The highest BCUT2D eigenvalue weighted by Gasteiger charge is 2.43. The topological polar surface area (TPSA) is 79.8 Å². The minimum atomic E-state index is -3.81. The van der Waals surface area contributed by atoms with Gasteiger partial charge in [0.15, 0.2) is 5.13 Å². The number of nitrogens with zero attached hydrogens (tertiary/aromatic N) is 3. The van der Waals surface area contributed by atoms with E-state index >= 15 is 0 Å². The second kappa shape index (κ2) is 9.00. The molecule has 2 aliphatic heterocycles. The van der Waals surface area contributed by atoms with Crippen molar-refractivity contribution in [1.29, 1.82) is 0 Å². The number of carbonyl (C=O) groups excluding carboxylic acids is 1. The lowest BCUT2D eigenvalue weighted by atomic mass is 10.2. The van der Waals surface area contributed by atoms with Crippen molar-refractivity contribution in [2.75, 3.05) is 24.6 Å². The van der Waals surface area contributed by atoms with Crippen molar-refractivity contribution in [1.82, 2.24) is 9.29 Å². The third kappa shape index (κ3) is 4.20. The molecule has 170 valence electrons. The van der Waals surface area contributed by atoms with Gasteiger partial charge in [-0.25, -0.2) is 13.4 Å². The Hall–Kier alpha value is -1.56. The Balaban J connectivity index is 1.48. The number of carbonyl (C=O) groups is 1. The molecule has 0 spiro atoms. The smallest absolute Gasteiger partial charge is 0.253 e. The van der Waals surface area contributed by atoms with Gasteiger partial charge < -0.3 is 4.74 Å². The van der Waals surface area contributed by atoms with Crippen LogP contribution in [0.4, 0.5) is 5.13 Å². The lowest BCUT2D eigenvalue weighted by molar-refractivity contribution is -0.122. The van der Waals surface area contributed by atoms with E-state index in [9.17, 15) is 13.2 Å². The van der Waals surface area contributed by atoms with E-state index in [2.05, 4.69) is 4.98 Å². The summed E-state index contributed by atoms with van der Waals surface area (Å²) in [7, 11) is -3.81. The van der Waals surface area contributed by atoms with Crippen LogP contribution >= 0.6 is 34.3 Å². The van der Waals surface area contributed by atoms with Crippen LogP contribution in [-0.4, -0.2) is 55.5 Å². The number of aromatic nitrogens is 1. The summed E-state index contributed by atoms with van der Waals surface area (Å²) in [5.41, 5.74) is 0.821. The molecule has 2 aliphatic rings. The Morgan fingerprint density at radius 2 is 2.03 bits per heavy atom. The molecule has 2 saturated heterocycles. The number of rotatable bonds is 6. The van der Waals surface area contributed by atoms with Crippen LogP contribution in [0.2, 0.25) is 4.34 Å². The molecule has 32 heavy (non-hydrogen) atoms. The average Bonchev–Trinajstić information content (AvgIpc) is 3.57. The molecule has 11 heteroatoms. The Labute approximate surface area is 199 Å². The molecule has 7 nitrogen and oxygen atoms in total. The fourth-order valence-corrected chi connectivity index (χ4v) is 8.48. The SMILES string of the molecule is O=C(C1CCCN1S(=O)(=O)c1ccc(Cl)s1)N(CC1CCCO1)c1nc2ccccc2s1. The number of thiazole rings is 1. The zero-order valence-corrected chi connectivity index (χ0v) is 20.4. The van der Waals surface area contributed by atoms with Crippen LogP contribution in [0.15, 0.2) is 40.6 Å². The number of halogens is 1. The Morgan fingerprint density at radius 3 is 2.75 bits per heavy atom. The summed E-state index contributed by atoms with van der Waals surface area (Å²) in [4.78, 5) is 20.1. The van der Waals surface area contributed by atoms with E-state index in [0.29, 0.717) is 42.0 Å². The Bertz CT molecular complexity index is 1200. The average molecular weight is 512 g/mol. The maximum absolute atomic E-state index is 13.8. The number of para-hydroxylation sites is 1. The van der Waals surface area contributed by atoms with E-state index in [1.165, 1.54) is 21.7 Å². The van der Waals surface area contributed by atoms with Gasteiger partial charge in [0, 0.05) is 13.2 Å². The first-order valence-electron chi connectivity index (χ1n) is 10.5. The van der Waals surface area contributed by atoms with Crippen molar-refractivity contribution in [2.45, 2.75) is 42.0 Å². The number of amides is 1. The third-order valence-corrected chi connectivity index (χ3v) is 10.5. The number of anilines is 1. The number of sulfonamides is 1. The van der Waals surface area contributed by atoms with E-state index in [1.807, 2.05) is 24.3 Å². The van der Waals surface area contributed by atoms with E-state index in [-0.39, 0.29) is 16.2 Å². The number of fused-ring (bicyclic) bond motifs is 1. The molecule has 2 atom stereocenters. The second-order valence-electron chi connectivity index (χ2n) is 7.88. The van der Waals surface area contributed by atoms with Gasteiger partial charge in [-0.15, -0.1) is 11.3 Å². The molecule has 2 fully saturated rings. The summed E-state index contributed by atoms with van der Waals surface area (Å²) < 4.78 is 35.2. The fraction of sp³-hybridized carbons (Fsp3) is 0.429. The van der Waals surface area contributed by atoms with Gasteiger partial charge in [-0.1, -0.05) is 35.1 Å². The summed E-state index contributed by atoms with van der Waals surface area (Å²) >= 11 is 8.43. The minimum absolute atomic E-state index is 0.0754. The summed E-state index contributed by atoms with van der Waals surface area (Å²) in [5.74, 6) is -0.247. The zero-order chi connectivity index (χ0) is 22.3. The first-order chi connectivity index (χ1) is 15.4. The van der Waals surface area contributed by atoms with Crippen molar-refractivity contribution in [2.24, 2.45) is 0 Å². The summed E-state index contributed by atoms with van der Waals surface area (Å²) in [6.45, 7) is 1.35. The van der Waals surface area contributed by atoms with Crippen LogP contribution in [0.3, 0.4) is 0 Å². The van der Waals surface area contributed by atoms with Crippen LogP contribution in [0.5, 0.6) is 0 Å². The molecule has 0 bridgehead atoms. The van der Waals surface area contributed by atoms with Crippen LogP contribution in [-0.2, 0) is 19.6 Å². The standard InChI is InChI=1S/C21H22ClN3O4S3/c22-18-9-10-19(31-18)32(27,28)25-11-3-7-16(25)20(26)24(13-14-5-4-12-29-14)21-23-15-6-1-2-8-17(15)30-21/h1-2,6,8-10,14,16H,3-5,7,11-13H2. The van der Waals surface area contributed by atoms with Gasteiger partial charge in [0.2, 0.25) is 5.91 Å². The maximum Gasteiger partial charge on any atom is 0.253 e. The van der Waals surface area contributed by atoms with E-state index in [0.717, 1.165) is 34.4 Å². The minimum Gasteiger partial charge on any atom is -0.376 e. The third-order valence-electron chi connectivity index (χ3n) is 5.79. The number of hydrogen-bond acceptors (Lipinski definition) is 7. The summed E-state index contributed by atoms with van der Waals surface area (Å²) in [5, 5.41) is 0.579. The molecule has 0 radical (unpaired) electrons. The van der Waals surface area contributed by atoms with E-state index < -0.39 is 16.1 Å². The van der Waals surface area contributed by atoms with Crippen molar-refractivity contribution in [3.05, 3.63) is 40.7 Å². The summed E-state index contributed by atoms with van der Waals surface area (Å²) in [6, 6.07) is 10.0. The molecule has 3 aromatic rings. The largest absolute Gasteiger partial charge is 0.376 e. The normalized spacial score (nSPS) is 22.0. The molecule has 4 heterocycles. The predicted molar refractivity (Wildman–Crippen MR) is 127 cm³/mol. The predicted octanol–water partition coefficient (Wildman–Crippen LogP) is 4.38. The van der Waals surface area contributed by atoms with Gasteiger partial charge in [-0.2, -0.15) is 4.31 Å². The van der Waals surface area contributed by atoms with Gasteiger partial charge in [0.1, 0.15) is 10.3 Å². The lowest BCUT2D eigenvalue weighted by Gasteiger charge is -2.29. The fourth-order valence-electron chi connectivity index (χ4n) is 4.24. The van der Waals surface area contributed by atoms with Gasteiger partial charge in [-0.3, -0.25) is 9.69 Å². The Morgan fingerprint density at radius 1 is 1.19 bits per heavy atom. The van der Waals surface area contributed by atoms with Crippen LogP contribution in [0.1, 0.15) is 25.7 Å². The van der Waals surface area contributed by atoms with Crippen LogP contribution in [0.25, 0.3) is 10.2 Å². The molecular weight excluding hydrogens is 490 g/mol. The molecule has 0 N–H and O–H groups in total. The Kier molecular flexibility index (Phi) is 6.26. The van der Waals surface area contributed by atoms with Gasteiger partial charge in [0.05, 0.1) is 27.2 Å². The lowest BCUT2D eigenvalue weighted by Crippen LogP contribution is -2.49. The first-order valence-corrected chi connectivity index (χ1v) is 13.9. The molecular formula is C21H22ClN3O4S3. The van der Waals surface area contributed by atoms with Crippen LogP contribution < -0.4 is 4.90 Å². The first kappa shape index (κ1) is 22.2. The summed E-state index contributed by atoms with van der Waals surface area (Å²) in [6.07, 6.45) is 2.85. The van der Waals surface area contributed by atoms with E-state index in [4.69, 9.17) is 16.3 Å². The van der Waals surface area contributed by atoms with Crippen molar-refractivity contribution in [3.63, 3.8) is 0 Å². The molecule has 5 rings (SSSR count). The van der Waals surface area contributed by atoms with Gasteiger partial charge in [0.25, 0.3) is 10.0 Å². The molecule has 0 aliphatic carbocycles. The molecule has 0 saturated carbocycles. The zero-order valence-electron chi connectivity index (χ0n) is 17.1. The highest BCUT2D eigenvalue weighted by molar-refractivity contribution is 7.91. The number of ether oxygens (including phenoxy) is 1. The van der Waals surface area contributed by atoms with E-state index in [1.54, 1.807) is 11.0 Å². The number of hydrogen-bond donors (Lipinski definition) is 0. The second-order valence-corrected chi connectivity index (χ2v) is 12.7. The van der Waals surface area contributed by atoms with Crippen molar-refractivity contribution in [3.8, 4) is 0 Å². The molecule has 2 aromatic heterocycles. The van der Waals surface area contributed by atoms with Crippen LogP contribution in [0, 0.1) is 0 Å². The quantitative estimate of drug-likeness (QED) is 0.490. The van der Waals surface area contributed by atoms with Crippen molar-refractivity contribution >= 4 is 65.6 Å².